The number of carbonyl (C=O) groups is 2. The predicted octanol–water partition coefficient (Wildman–Crippen LogP) is 3.57. The molecule has 0 aliphatic heterocycles. The van der Waals surface area contributed by atoms with Crippen molar-refractivity contribution in [2.75, 3.05) is 17.7 Å². The van der Waals surface area contributed by atoms with Crippen molar-refractivity contribution in [1.29, 1.82) is 0 Å². The molecule has 3 aromatic rings. The average molecular weight is 374 g/mol. The number of nitrogens with one attached hydrogen (secondary N) is 2. The summed E-state index contributed by atoms with van der Waals surface area (Å²) >= 11 is 7.10. The number of nitrogens with zero attached hydrogens (tertiary/aromatic N) is 1. The second-order valence-electron chi connectivity index (χ2n) is 5.47. The molecule has 7 heteroatoms. The van der Waals surface area contributed by atoms with Crippen molar-refractivity contribution >= 4 is 50.7 Å². The fourth-order valence-corrected chi connectivity index (χ4v) is 3.44. The first-order valence-corrected chi connectivity index (χ1v) is 9.04. The summed E-state index contributed by atoms with van der Waals surface area (Å²) in [5, 5.41) is 5.89. The molecule has 0 aliphatic rings. The maximum atomic E-state index is 11.7. The summed E-state index contributed by atoms with van der Waals surface area (Å²) in [4.78, 5) is 27.9. The van der Waals surface area contributed by atoms with E-state index in [1.54, 1.807) is 23.5 Å². The lowest BCUT2D eigenvalue weighted by Gasteiger charge is -2.06. The van der Waals surface area contributed by atoms with Crippen LogP contribution in [0.1, 0.15) is 5.56 Å². The van der Waals surface area contributed by atoms with Crippen molar-refractivity contribution in [2.45, 2.75) is 6.92 Å². The van der Waals surface area contributed by atoms with Crippen molar-refractivity contribution in [2.24, 2.45) is 0 Å². The minimum Gasteiger partial charge on any atom is -0.347 e. The van der Waals surface area contributed by atoms with Crippen LogP contribution in [0.5, 0.6) is 0 Å². The average Bonchev–Trinajstić information content (AvgIpc) is 3.03. The number of hydrogen-bond donors (Lipinski definition) is 2. The number of anilines is 1. The highest BCUT2D eigenvalue weighted by Gasteiger charge is 2.13. The second kappa shape index (κ2) is 7.63. The number of aryl methyl sites for hydroxylation is 1. The van der Waals surface area contributed by atoms with Gasteiger partial charge in [0.1, 0.15) is 5.01 Å². The molecule has 0 unspecified atom stereocenters. The van der Waals surface area contributed by atoms with Gasteiger partial charge < -0.3 is 10.6 Å². The number of aromatic nitrogens is 1. The van der Waals surface area contributed by atoms with Crippen molar-refractivity contribution in [3.63, 3.8) is 0 Å². The Labute approximate surface area is 154 Å². The highest BCUT2D eigenvalue weighted by molar-refractivity contribution is 7.21. The zero-order valence-electron chi connectivity index (χ0n) is 13.5. The van der Waals surface area contributed by atoms with Gasteiger partial charge in [0, 0.05) is 23.7 Å². The van der Waals surface area contributed by atoms with Crippen LogP contribution in [0.25, 0.3) is 20.8 Å². The number of benzene rings is 2. The summed E-state index contributed by atoms with van der Waals surface area (Å²) in [6, 6.07) is 13.4. The van der Waals surface area contributed by atoms with Gasteiger partial charge in [0.05, 0.1) is 10.2 Å². The van der Waals surface area contributed by atoms with Crippen LogP contribution in [0.4, 0.5) is 5.69 Å². The van der Waals surface area contributed by atoms with Gasteiger partial charge in [0.25, 0.3) is 0 Å². The molecule has 0 aliphatic carbocycles. The molecule has 128 valence electrons. The standard InChI is InChI=1S/C18H16ClN3O2S/c1-11-2-7-14-15(10-11)25-18(22-14)12-3-5-13(6-4-12)21-17(24)16(23)20-9-8-19/h2-7,10H,8-9H2,1H3,(H,20,23)(H,21,24). The zero-order chi connectivity index (χ0) is 17.8. The number of carbonyl (C=O) groups excluding carboxylic acids is 2. The van der Waals surface area contributed by atoms with Gasteiger partial charge in [0.2, 0.25) is 0 Å². The van der Waals surface area contributed by atoms with E-state index in [9.17, 15) is 9.59 Å². The van der Waals surface area contributed by atoms with Gasteiger partial charge in [-0.15, -0.1) is 22.9 Å². The number of rotatable bonds is 4. The number of halogens is 1. The maximum Gasteiger partial charge on any atom is 0.313 e. The summed E-state index contributed by atoms with van der Waals surface area (Å²) in [5.74, 6) is -1.16. The van der Waals surface area contributed by atoms with E-state index in [1.165, 1.54) is 5.56 Å². The lowest BCUT2D eigenvalue weighted by atomic mass is 10.2. The van der Waals surface area contributed by atoms with E-state index in [1.807, 2.05) is 24.3 Å². The Morgan fingerprint density at radius 2 is 1.88 bits per heavy atom. The Hall–Kier alpha value is -2.44. The maximum absolute atomic E-state index is 11.7. The molecule has 0 fully saturated rings. The quantitative estimate of drug-likeness (QED) is 0.542. The molecule has 0 saturated heterocycles. The smallest absolute Gasteiger partial charge is 0.313 e. The van der Waals surface area contributed by atoms with E-state index in [2.05, 4.69) is 28.6 Å². The summed E-state index contributed by atoms with van der Waals surface area (Å²) in [6.07, 6.45) is 0. The Balaban J connectivity index is 1.73. The highest BCUT2D eigenvalue weighted by atomic mass is 35.5. The lowest BCUT2D eigenvalue weighted by molar-refractivity contribution is -0.136. The van der Waals surface area contributed by atoms with Crippen molar-refractivity contribution in [3.8, 4) is 10.6 Å². The highest BCUT2D eigenvalue weighted by Crippen LogP contribution is 2.31. The molecular formula is C18H16ClN3O2S. The summed E-state index contributed by atoms with van der Waals surface area (Å²) in [5.41, 5.74) is 3.68. The molecule has 1 aromatic heterocycles. The first-order valence-electron chi connectivity index (χ1n) is 7.69. The third-order valence-electron chi connectivity index (χ3n) is 3.52. The van der Waals surface area contributed by atoms with Gasteiger partial charge in [0.15, 0.2) is 0 Å². The third kappa shape index (κ3) is 4.15. The number of thiazole rings is 1. The van der Waals surface area contributed by atoms with Crippen LogP contribution < -0.4 is 10.6 Å². The van der Waals surface area contributed by atoms with Crippen LogP contribution in [0, 0.1) is 6.92 Å². The Bertz CT molecular complexity index is 922. The van der Waals surface area contributed by atoms with E-state index < -0.39 is 11.8 Å². The molecule has 5 nitrogen and oxygen atoms in total. The first kappa shape index (κ1) is 17.4. The van der Waals surface area contributed by atoms with Gasteiger partial charge in [-0.3, -0.25) is 9.59 Å². The number of amides is 2. The molecular weight excluding hydrogens is 358 g/mol. The van der Waals surface area contributed by atoms with Crippen LogP contribution in [-0.4, -0.2) is 29.2 Å². The molecule has 0 radical (unpaired) electrons. The molecule has 0 bridgehead atoms. The van der Waals surface area contributed by atoms with Crippen LogP contribution in [-0.2, 0) is 9.59 Å². The molecule has 0 saturated carbocycles. The molecule has 2 N–H and O–H groups in total. The molecule has 2 aromatic carbocycles. The van der Waals surface area contributed by atoms with Gasteiger partial charge in [-0.25, -0.2) is 4.98 Å². The normalized spacial score (nSPS) is 10.6. The fraction of sp³-hybridized carbons (Fsp3) is 0.167. The fourth-order valence-electron chi connectivity index (χ4n) is 2.28. The van der Waals surface area contributed by atoms with Crippen molar-refractivity contribution < 1.29 is 9.59 Å². The molecule has 0 atom stereocenters. The number of fused-ring (bicyclic) bond motifs is 1. The largest absolute Gasteiger partial charge is 0.347 e. The molecule has 3 rings (SSSR count). The Morgan fingerprint density at radius 1 is 1.12 bits per heavy atom. The second-order valence-corrected chi connectivity index (χ2v) is 6.88. The zero-order valence-corrected chi connectivity index (χ0v) is 15.1. The van der Waals surface area contributed by atoms with Crippen molar-refractivity contribution in [3.05, 3.63) is 48.0 Å². The Morgan fingerprint density at radius 3 is 2.60 bits per heavy atom. The molecule has 25 heavy (non-hydrogen) atoms. The van der Waals surface area contributed by atoms with E-state index in [0.29, 0.717) is 5.69 Å². The molecule has 0 spiro atoms. The van der Waals surface area contributed by atoms with Gasteiger partial charge in [-0.1, -0.05) is 6.07 Å². The number of hydrogen-bond acceptors (Lipinski definition) is 4. The SMILES string of the molecule is Cc1ccc2nc(-c3ccc(NC(=O)C(=O)NCCCl)cc3)sc2c1. The summed E-state index contributed by atoms with van der Waals surface area (Å²) in [7, 11) is 0. The van der Waals surface area contributed by atoms with Gasteiger partial charge >= 0.3 is 11.8 Å². The third-order valence-corrected chi connectivity index (χ3v) is 4.78. The van der Waals surface area contributed by atoms with Crippen LogP contribution in [0.15, 0.2) is 42.5 Å². The topological polar surface area (TPSA) is 71.1 Å². The lowest BCUT2D eigenvalue weighted by Crippen LogP contribution is -2.36. The van der Waals surface area contributed by atoms with E-state index in [-0.39, 0.29) is 12.4 Å². The first-order chi connectivity index (χ1) is 12.1. The van der Waals surface area contributed by atoms with Gasteiger partial charge in [-0.2, -0.15) is 0 Å². The molecule has 1 heterocycles. The van der Waals surface area contributed by atoms with E-state index in [0.717, 1.165) is 20.8 Å². The van der Waals surface area contributed by atoms with Crippen molar-refractivity contribution in [1.82, 2.24) is 10.3 Å². The summed E-state index contributed by atoms with van der Waals surface area (Å²) < 4.78 is 1.14. The van der Waals surface area contributed by atoms with Crippen LogP contribution >= 0.6 is 22.9 Å². The van der Waals surface area contributed by atoms with Gasteiger partial charge in [-0.05, 0) is 48.9 Å². The van der Waals surface area contributed by atoms with E-state index in [4.69, 9.17) is 11.6 Å². The van der Waals surface area contributed by atoms with Crippen LogP contribution in [0.3, 0.4) is 0 Å². The minimum absolute atomic E-state index is 0.254. The summed E-state index contributed by atoms with van der Waals surface area (Å²) in [6.45, 7) is 2.31. The monoisotopic (exact) mass is 373 g/mol. The van der Waals surface area contributed by atoms with E-state index >= 15 is 0 Å². The minimum atomic E-state index is -0.715. The number of alkyl halides is 1. The molecule has 2 amide bonds. The Kier molecular flexibility index (Phi) is 5.31. The predicted molar refractivity (Wildman–Crippen MR) is 102 cm³/mol. The van der Waals surface area contributed by atoms with Crippen LogP contribution in [0.2, 0.25) is 0 Å².